The molecule has 0 bridgehead atoms. The zero-order chi connectivity index (χ0) is 23.1. The Balaban J connectivity index is 1.48. The van der Waals surface area contributed by atoms with Crippen molar-refractivity contribution in [3.8, 4) is 0 Å². The van der Waals surface area contributed by atoms with Crippen LogP contribution in [0.4, 0.5) is 10.1 Å². The van der Waals surface area contributed by atoms with Gasteiger partial charge in [0.1, 0.15) is 5.82 Å². The summed E-state index contributed by atoms with van der Waals surface area (Å²) in [5.41, 5.74) is 4.59. The van der Waals surface area contributed by atoms with Crippen molar-refractivity contribution < 1.29 is 14.0 Å². The summed E-state index contributed by atoms with van der Waals surface area (Å²) in [5, 5.41) is 9.86. The van der Waals surface area contributed by atoms with Crippen molar-refractivity contribution in [1.82, 2.24) is 15.1 Å². The van der Waals surface area contributed by atoms with E-state index in [9.17, 15) is 14.0 Å². The number of nitrogens with one attached hydrogen (secondary N) is 2. The van der Waals surface area contributed by atoms with E-state index in [1.165, 1.54) is 36.0 Å². The molecule has 0 aliphatic carbocycles. The average molecular weight is 455 g/mol. The van der Waals surface area contributed by atoms with Gasteiger partial charge in [-0.25, -0.2) is 4.39 Å². The Kier molecular flexibility index (Phi) is 8.05. The molecule has 0 saturated heterocycles. The predicted molar refractivity (Wildman–Crippen MR) is 126 cm³/mol. The van der Waals surface area contributed by atoms with Gasteiger partial charge in [-0.15, -0.1) is 11.8 Å². The Hall–Kier alpha value is -3.13. The molecule has 0 aliphatic rings. The molecule has 3 aromatic rings. The molecule has 1 heterocycles. The lowest BCUT2D eigenvalue weighted by atomic mass is 10.2. The van der Waals surface area contributed by atoms with Gasteiger partial charge < -0.3 is 10.6 Å². The highest BCUT2D eigenvalue weighted by molar-refractivity contribution is 8.01. The molecule has 6 nitrogen and oxygen atoms in total. The number of hydrogen-bond acceptors (Lipinski definition) is 4. The van der Waals surface area contributed by atoms with E-state index in [0.29, 0.717) is 18.8 Å². The van der Waals surface area contributed by atoms with Crippen molar-refractivity contribution in [2.24, 2.45) is 0 Å². The number of aryl methyl sites for hydroxylation is 1. The largest absolute Gasteiger partial charge is 0.351 e. The first-order valence-corrected chi connectivity index (χ1v) is 11.4. The lowest BCUT2D eigenvalue weighted by Gasteiger charge is -2.12. The van der Waals surface area contributed by atoms with E-state index in [2.05, 4.69) is 27.9 Å². The predicted octanol–water partition coefficient (Wildman–Crippen LogP) is 4.06. The molecule has 2 N–H and O–H groups in total. The summed E-state index contributed by atoms with van der Waals surface area (Å²) in [6.45, 7) is 6.77. The van der Waals surface area contributed by atoms with E-state index in [4.69, 9.17) is 0 Å². The van der Waals surface area contributed by atoms with Crippen LogP contribution in [0.15, 0.2) is 54.6 Å². The van der Waals surface area contributed by atoms with E-state index in [0.717, 1.165) is 22.5 Å². The number of thioether (sulfide) groups is 1. The van der Waals surface area contributed by atoms with Gasteiger partial charge in [0.15, 0.2) is 0 Å². The number of carbonyl (C=O) groups is 2. The quantitative estimate of drug-likeness (QED) is 0.511. The topological polar surface area (TPSA) is 76.0 Å². The van der Waals surface area contributed by atoms with Crippen LogP contribution < -0.4 is 10.6 Å². The lowest BCUT2D eigenvalue weighted by molar-refractivity contribution is -0.120. The van der Waals surface area contributed by atoms with Crippen LogP contribution in [0.2, 0.25) is 0 Å². The molecule has 1 atom stereocenters. The first-order chi connectivity index (χ1) is 15.3. The third kappa shape index (κ3) is 6.43. The first-order valence-electron chi connectivity index (χ1n) is 10.3. The molecular weight excluding hydrogens is 427 g/mol. The maximum atomic E-state index is 12.9. The number of anilines is 1. The second-order valence-corrected chi connectivity index (χ2v) is 8.85. The molecule has 3 rings (SSSR count). The summed E-state index contributed by atoms with van der Waals surface area (Å²) in [5.74, 6) is -0.618. The van der Waals surface area contributed by atoms with Crippen LogP contribution in [-0.2, 0) is 22.7 Å². The Morgan fingerprint density at radius 2 is 1.78 bits per heavy atom. The summed E-state index contributed by atoms with van der Waals surface area (Å²) < 4.78 is 14.9. The molecule has 1 aromatic heterocycles. The van der Waals surface area contributed by atoms with Gasteiger partial charge in [0.05, 0.1) is 23.2 Å². The Morgan fingerprint density at radius 1 is 1.09 bits per heavy atom. The van der Waals surface area contributed by atoms with E-state index in [1.54, 1.807) is 6.92 Å². The molecule has 32 heavy (non-hydrogen) atoms. The van der Waals surface area contributed by atoms with Gasteiger partial charge in [0.2, 0.25) is 11.8 Å². The second-order valence-electron chi connectivity index (χ2n) is 7.52. The minimum absolute atomic E-state index is 0.124. The number of carbonyl (C=O) groups excluding carboxylic acids is 2. The molecule has 0 aliphatic heterocycles. The Bertz CT molecular complexity index is 1070. The number of amides is 2. The van der Waals surface area contributed by atoms with Crippen molar-refractivity contribution in [1.29, 1.82) is 0 Å². The highest BCUT2D eigenvalue weighted by Gasteiger charge is 2.18. The smallest absolute Gasteiger partial charge is 0.234 e. The van der Waals surface area contributed by atoms with Crippen molar-refractivity contribution in [3.63, 3.8) is 0 Å². The SMILES string of the molecule is Cc1nn(Cc2ccccc2)c(C)c1CNC(=O)C(C)SCC(=O)Nc1ccc(F)cc1. The maximum absolute atomic E-state index is 12.9. The molecule has 8 heteroatoms. The zero-order valence-corrected chi connectivity index (χ0v) is 19.2. The molecule has 0 saturated carbocycles. The van der Waals surface area contributed by atoms with Crippen LogP contribution in [0.1, 0.15) is 29.4 Å². The molecule has 0 spiro atoms. The summed E-state index contributed by atoms with van der Waals surface area (Å²) in [7, 11) is 0. The van der Waals surface area contributed by atoms with Crippen LogP contribution in [0.3, 0.4) is 0 Å². The monoisotopic (exact) mass is 454 g/mol. The molecule has 168 valence electrons. The standard InChI is InChI=1S/C24H27FN4O2S/c1-16-22(17(2)29(28-16)14-19-7-5-4-6-8-19)13-26-24(31)18(3)32-15-23(30)27-21-11-9-20(25)10-12-21/h4-12,18H,13-15H2,1-3H3,(H,26,31)(H,27,30). The number of rotatable bonds is 9. The summed E-state index contributed by atoms with van der Waals surface area (Å²) in [4.78, 5) is 24.6. The fourth-order valence-electron chi connectivity index (χ4n) is 3.23. The minimum atomic E-state index is -0.394. The fraction of sp³-hybridized carbons (Fsp3) is 0.292. The number of nitrogens with zero attached hydrogens (tertiary/aromatic N) is 2. The van der Waals surface area contributed by atoms with Crippen LogP contribution in [0, 0.1) is 19.7 Å². The van der Waals surface area contributed by atoms with Gasteiger partial charge in [-0.05, 0) is 50.6 Å². The number of benzene rings is 2. The number of hydrogen-bond donors (Lipinski definition) is 2. The minimum Gasteiger partial charge on any atom is -0.351 e. The van der Waals surface area contributed by atoms with E-state index < -0.39 is 5.25 Å². The van der Waals surface area contributed by atoms with Gasteiger partial charge in [-0.3, -0.25) is 14.3 Å². The van der Waals surface area contributed by atoms with Crippen LogP contribution in [0.25, 0.3) is 0 Å². The molecule has 0 radical (unpaired) electrons. The molecule has 1 unspecified atom stereocenters. The molecule has 2 amide bonds. The normalized spacial score (nSPS) is 11.8. The van der Waals surface area contributed by atoms with Crippen molar-refractivity contribution in [2.75, 3.05) is 11.1 Å². The van der Waals surface area contributed by atoms with E-state index >= 15 is 0 Å². The van der Waals surface area contributed by atoms with Crippen LogP contribution in [-0.4, -0.2) is 32.6 Å². The number of aromatic nitrogens is 2. The Labute approximate surface area is 191 Å². The molecule has 0 fully saturated rings. The Morgan fingerprint density at radius 3 is 2.47 bits per heavy atom. The lowest BCUT2D eigenvalue weighted by Crippen LogP contribution is -2.31. The first kappa shape index (κ1) is 23.5. The van der Waals surface area contributed by atoms with E-state index in [-0.39, 0.29) is 23.4 Å². The highest BCUT2D eigenvalue weighted by Crippen LogP contribution is 2.16. The maximum Gasteiger partial charge on any atom is 0.234 e. The van der Waals surface area contributed by atoms with E-state index in [1.807, 2.05) is 36.7 Å². The summed E-state index contributed by atoms with van der Waals surface area (Å²) in [6, 6.07) is 15.7. The van der Waals surface area contributed by atoms with Crippen molar-refractivity contribution >= 4 is 29.3 Å². The van der Waals surface area contributed by atoms with Gasteiger partial charge in [-0.1, -0.05) is 30.3 Å². The van der Waals surface area contributed by atoms with Gasteiger partial charge in [0, 0.05) is 23.5 Å². The third-order valence-electron chi connectivity index (χ3n) is 5.11. The van der Waals surface area contributed by atoms with Crippen molar-refractivity contribution in [2.45, 2.75) is 39.1 Å². The van der Waals surface area contributed by atoms with Gasteiger partial charge in [0.25, 0.3) is 0 Å². The van der Waals surface area contributed by atoms with Crippen LogP contribution >= 0.6 is 11.8 Å². The fourth-order valence-corrected chi connectivity index (χ4v) is 3.93. The molecular formula is C24H27FN4O2S. The summed E-state index contributed by atoms with van der Waals surface area (Å²) in [6.07, 6.45) is 0. The average Bonchev–Trinajstić information content (AvgIpc) is 3.05. The van der Waals surface area contributed by atoms with Gasteiger partial charge in [-0.2, -0.15) is 5.10 Å². The molecule has 2 aromatic carbocycles. The van der Waals surface area contributed by atoms with Gasteiger partial charge >= 0.3 is 0 Å². The highest BCUT2D eigenvalue weighted by atomic mass is 32.2. The van der Waals surface area contributed by atoms with Crippen LogP contribution in [0.5, 0.6) is 0 Å². The zero-order valence-electron chi connectivity index (χ0n) is 18.4. The number of halogens is 1. The third-order valence-corrected chi connectivity index (χ3v) is 6.25. The second kappa shape index (κ2) is 10.9. The summed E-state index contributed by atoms with van der Waals surface area (Å²) >= 11 is 1.25. The van der Waals surface area contributed by atoms with Crippen molar-refractivity contribution in [3.05, 3.63) is 82.9 Å².